The number of hydrogen-bond donors (Lipinski definition) is 4. The Balaban J connectivity index is 1.29. The first-order valence-electron chi connectivity index (χ1n) is 21.4. The molecular formula is C47H59BrN4O13. The molecule has 5 rings (SSSR count). The number of methoxy groups -OCH3 is 1. The van der Waals surface area contributed by atoms with E-state index in [2.05, 4.69) is 37.2 Å². The monoisotopic (exact) mass is 966 g/mol. The van der Waals surface area contributed by atoms with Crippen molar-refractivity contribution in [2.24, 2.45) is 5.92 Å². The number of hydrogen-bond acceptors (Lipinski definition) is 13. The van der Waals surface area contributed by atoms with Crippen molar-refractivity contribution in [2.45, 2.75) is 135 Å². The van der Waals surface area contributed by atoms with Gasteiger partial charge in [0.15, 0.2) is 12.0 Å². The maximum atomic E-state index is 14.2. The predicted molar refractivity (Wildman–Crippen MR) is 239 cm³/mol. The number of halogens is 1. The van der Waals surface area contributed by atoms with E-state index in [1.807, 2.05) is 74.5 Å². The molecule has 2 heterocycles. The molecule has 2 fully saturated rings. The van der Waals surface area contributed by atoms with Gasteiger partial charge in [0, 0.05) is 17.3 Å². The van der Waals surface area contributed by atoms with Gasteiger partial charge >= 0.3 is 18.2 Å². The lowest BCUT2D eigenvalue weighted by Crippen LogP contribution is -2.54. The van der Waals surface area contributed by atoms with Crippen molar-refractivity contribution in [1.82, 2.24) is 21.3 Å². The van der Waals surface area contributed by atoms with Gasteiger partial charge in [-0.3, -0.25) is 14.4 Å². The van der Waals surface area contributed by atoms with Gasteiger partial charge in [-0.15, -0.1) is 0 Å². The Bertz CT molecular complexity index is 2130. The number of carbonyl (C=O) groups excluding carboxylic acids is 6. The van der Waals surface area contributed by atoms with E-state index in [1.54, 1.807) is 40.7 Å². The van der Waals surface area contributed by atoms with E-state index in [-0.39, 0.29) is 37.5 Å². The molecule has 2 aliphatic rings. The summed E-state index contributed by atoms with van der Waals surface area (Å²) in [5, 5.41) is 11.1. The van der Waals surface area contributed by atoms with Gasteiger partial charge in [-0.1, -0.05) is 96.5 Å². The quantitative estimate of drug-likeness (QED) is 0.0677. The summed E-state index contributed by atoms with van der Waals surface area (Å²) >= 11 is 3.50. The van der Waals surface area contributed by atoms with Gasteiger partial charge in [0.2, 0.25) is 17.7 Å². The van der Waals surface area contributed by atoms with Gasteiger partial charge in [-0.05, 0) is 75.8 Å². The molecule has 4 amide bonds. The summed E-state index contributed by atoms with van der Waals surface area (Å²) < 4.78 is 40.1. The summed E-state index contributed by atoms with van der Waals surface area (Å²) in [6, 6.07) is 19.7. The van der Waals surface area contributed by atoms with Crippen molar-refractivity contribution in [3.63, 3.8) is 0 Å². The third-order valence-electron chi connectivity index (χ3n) is 10.1. The number of carbonyl (C=O) groups is 6. The Morgan fingerprint density at radius 1 is 0.785 bits per heavy atom. The zero-order valence-corrected chi connectivity index (χ0v) is 39.4. The van der Waals surface area contributed by atoms with Crippen LogP contribution in [0.25, 0.3) is 0 Å². The normalized spacial score (nSPS) is 20.0. The minimum absolute atomic E-state index is 0.0215. The van der Waals surface area contributed by atoms with Crippen LogP contribution in [0.3, 0.4) is 0 Å². The molecule has 65 heavy (non-hydrogen) atoms. The second-order valence-corrected chi connectivity index (χ2v) is 18.5. The molecule has 18 heteroatoms. The first kappa shape index (κ1) is 50.4. The number of nitrogens with one attached hydrogen (secondary N) is 4. The van der Waals surface area contributed by atoms with E-state index in [0.717, 1.165) is 11.1 Å². The summed E-state index contributed by atoms with van der Waals surface area (Å²) in [6.07, 6.45) is -5.46. The average molecular weight is 968 g/mol. The van der Waals surface area contributed by atoms with E-state index in [9.17, 15) is 28.8 Å². The number of ether oxygens (including phenoxy) is 7. The molecule has 3 aromatic rings. The van der Waals surface area contributed by atoms with E-state index in [1.165, 1.54) is 19.2 Å². The molecule has 17 nitrogen and oxygen atoms in total. The molecule has 0 bridgehead atoms. The van der Waals surface area contributed by atoms with Crippen LogP contribution >= 0.6 is 15.9 Å². The van der Waals surface area contributed by atoms with Crippen LogP contribution in [0.2, 0.25) is 0 Å². The number of fused-ring (bicyclic) bond motifs is 1. The van der Waals surface area contributed by atoms with Gasteiger partial charge in [-0.25, -0.2) is 14.4 Å². The van der Waals surface area contributed by atoms with Crippen molar-refractivity contribution in [2.75, 3.05) is 7.11 Å². The van der Waals surface area contributed by atoms with E-state index in [4.69, 9.17) is 33.2 Å². The zero-order valence-electron chi connectivity index (χ0n) is 37.8. The largest absolute Gasteiger partial charge is 0.514 e. The summed E-state index contributed by atoms with van der Waals surface area (Å²) in [5.41, 5.74) is 1.24. The smallest absolute Gasteiger partial charge is 0.467 e. The molecule has 7 atom stereocenters. The number of esters is 1. The average Bonchev–Trinajstić information content (AvgIpc) is 3.71. The molecule has 0 radical (unpaired) electrons. The van der Waals surface area contributed by atoms with Crippen molar-refractivity contribution in [1.29, 1.82) is 0 Å². The Hall–Kier alpha value is -5.56. The van der Waals surface area contributed by atoms with Crippen molar-refractivity contribution in [3.05, 3.63) is 100 Å². The topological polar surface area (TPSA) is 215 Å². The number of alkyl carbamates (subject to hydrolysis) is 1. The molecule has 3 aromatic carbocycles. The highest BCUT2D eigenvalue weighted by molar-refractivity contribution is 9.10. The highest BCUT2D eigenvalue weighted by Gasteiger charge is 2.56. The maximum Gasteiger partial charge on any atom is 0.514 e. The van der Waals surface area contributed by atoms with Gasteiger partial charge in [0.05, 0.1) is 19.6 Å². The highest BCUT2D eigenvalue weighted by Crippen LogP contribution is 2.39. The third-order valence-corrected chi connectivity index (χ3v) is 10.9. The summed E-state index contributed by atoms with van der Waals surface area (Å²) in [6.45, 7) is 12.3. The van der Waals surface area contributed by atoms with Crippen molar-refractivity contribution >= 4 is 51.9 Å². The van der Waals surface area contributed by atoms with Gasteiger partial charge < -0.3 is 54.4 Å². The van der Waals surface area contributed by atoms with Crippen LogP contribution in [0.4, 0.5) is 9.59 Å². The molecule has 0 spiro atoms. The van der Waals surface area contributed by atoms with Crippen LogP contribution in [0, 0.1) is 5.92 Å². The van der Waals surface area contributed by atoms with Crippen LogP contribution in [-0.2, 0) is 67.0 Å². The second-order valence-electron chi connectivity index (χ2n) is 17.7. The first-order chi connectivity index (χ1) is 30.7. The molecule has 2 saturated heterocycles. The lowest BCUT2D eigenvalue weighted by molar-refractivity contribution is -0.192. The van der Waals surface area contributed by atoms with Gasteiger partial charge in [0.1, 0.15) is 48.3 Å². The lowest BCUT2D eigenvalue weighted by Gasteiger charge is -2.27. The SMILES string of the molecule is COC(=O)[C@H](CC(C)C)NC(=O)[C@H](Cc1ccccc1)NC(=O)C[C@@H]1O[C@@H](NC(=O)[C@H](Cc2ccc(OC(=O)OCc3ccccc3)cc2Br)NC(=O)OC(C)(C)C)[C@H]2OC(C)(C)O[C@H]21. The fraction of sp³-hybridized carbons (Fsp3) is 0.489. The summed E-state index contributed by atoms with van der Waals surface area (Å²) in [7, 11) is 1.24. The summed E-state index contributed by atoms with van der Waals surface area (Å²) in [5.74, 6) is -3.30. The molecule has 4 N–H and O–H groups in total. The third kappa shape index (κ3) is 15.5. The Kier molecular flexibility index (Phi) is 17.5. The lowest BCUT2D eigenvalue weighted by atomic mass is 10.0. The molecule has 0 aliphatic carbocycles. The van der Waals surface area contributed by atoms with Crippen molar-refractivity contribution in [3.8, 4) is 5.75 Å². The van der Waals surface area contributed by atoms with Crippen LogP contribution in [0.1, 0.15) is 78.0 Å². The number of benzene rings is 3. The zero-order chi connectivity index (χ0) is 47.5. The minimum Gasteiger partial charge on any atom is -0.467 e. The number of rotatable bonds is 18. The molecular weight excluding hydrogens is 908 g/mol. The van der Waals surface area contributed by atoms with E-state index in [0.29, 0.717) is 16.5 Å². The predicted octanol–water partition coefficient (Wildman–Crippen LogP) is 5.78. The summed E-state index contributed by atoms with van der Waals surface area (Å²) in [4.78, 5) is 79.9. The van der Waals surface area contributed by atoms with E-state index >= 15 is 0 Å². The van der Waals surface area contributed by atoms with Gasteiger partial charge in [0.25, 0.3) is 0 Å². The molecule has 2 aliphatic heterocycles. The second kappa shape index (κ2) is 22.6. The van der Waals surface area contributed by atoms with E-state index < -0.39 is 90.0 Å². The fourth-order valence-corrected chi connectivity index (χ4v) is 7.80. The van der Waals surface area contributed by atoms with Crippen LogP contribution in [-0.4, -0.2) is 97.1 Å². The van der Waals surface area contributed by atoms with Crippen LogP contribution in [0.5, 0.6) is 5.75 Å². The minimum atomic E-state index is -1.23. The molecule has 0 aromatic heterocycles. The molecule has 0 unspecified atom stereocenters. The van der Waals surface area contributed by atoms with Crippen molar-refractivity contribution < 1.29 is 61.9 Å². The Morgan fingerprint density at radius 3 is 2.03 bits per heavy atom. The van der Waals surface area contributed by atoms with Crippen LogP contribution in [0.15, 0.2) is 83.3 Å². The van der Waals surface area contributed by atoms with Crippen LogP contribution < -0.4 is 26.0 Å². The highest BCUT2D eigenvalue weighted by atomic mass is 79.9. The number of amides is 4. The fourth-order valence-electron chi connectivity index (χ4n) is 7.28. The standard InChI is InChI=1S/C47H59BrN4O13/c1-27(2)21-35(43(56)59-8)50-40(54)33(22-28-15-11-9-12-16-28)49-37(53)25-36-38-39(64-47(6,7)63-38)42(62-36)52-41(55)34(51-44(57)65-46(3,4)5)23-30-19-20-31(24-32(30)48)61-45(58)60-26-29-17-13-10-14-18-29/h9-20,24,27,33-36,38-39,42H,21-23,25-26H2,1-8H3,(H,49,53)(H,50,54)(H,51,57)(H,52,55)/t33-,34-,35-,36-,38-,39-,42+/m0/s1. The Morgan fingerprint density at radius 2 is 1.42 bits per heavy atom. The Labute approximate surface area is 387 Å². The molecule has 0 saturated carbocycles. The first-order valence-corrected chi connectivity index (χ1v) is 22.2. The maximum absolute atomic E-state index is 14.2. The molecule has 352 valence electrons. The van der Waals surface area contributed by atoms with Gasteiger partial charge in [-0.2, -0.15) is 0 Å².